The molecule has 0 aromatic heterocycles. The van der Waals surface area contributed by atoms with Crippen LogP contribution in [-0.4, -0.2) is 33.6 Å². The van der Waals surface area contributed by atoms with Gasteiger partial charge in [0.15, 0.2) is 0 Å². The third-order valence-electron chi connectivity index (χ3n) is 0. The van der Waals surface area contributed by atoms with Crippen molar-refractivity contribution in [3.63, 3.8) is 0 Å². The van der Waals surface area contributed by atoms with Crippen LogP contribution in [0.2, 0.25) is 0 Å². The molecule has 0 aliphatic carbocycles. The Morgan fingerprint density at radius 3 is 0.250 bits per heavy atom. The summed E-state index contributed by atoms with van der Waals surface area (Å²) < 4.78 is 0. The van der Waals surface area contributed by atoms with Crippen molar-refractivity contribution in [2.45, 2.75) is 158 Å². The van der Waals surface area contributed by atoms with E-state index in [1.54, 1.807) is 125 Å². The summed E-state index contributed by atoms with van der Waals surface area (Å²) in [5.41, 5.74) is -4.50. The van der Waals surface area contributed by atoms with Gasteiger partial charge in [-0.2, -0.15) is 0 Å². The van der Waals surface area contributed by atoms with Crippen molar-refractivity contribution >= 4 is 0 Å². The van der Waals surface area contributed by atoms with Crippen molar-refractivity contribution < 1.29 is 101 Å². The molecule has 0 bridgehead atoms. The quantitative estimate of drug-likeness (QED) is 0.329. The van der Waals surface area contributed by atoms with Crippen LogP contribution in [0.3, 0.4) is 0 Å². The smallest absolute Gasteiger partial charge is 0.850 e. The molecule has 0 unspecified atom stereocenters. The zero-order valence-electron chi connectivity index (χ0n) is 24.9. The molecule has 0 aromatic rings. The summed E-state index contributed by atoms with van der Waals surface area (Å²) in [5.74, 6) is 0. The Kier molecular flexibility index (Phi) is 40.0. The molecule has 0 fully saturated rings. The molecule has 0 saturated heterocycles. The Morgan fingerprint density at radius 1 is 0.250 bits per heavy atom. The standard InChI is InChI=1S/6C4H9O.K.V/c6*1-4(2,3)5;;/h6*1-3H3;;/q6*-1;+1;. The first-order valence-electron chi connectivity index (χ1n) is 10.2. The minimum atomic E-state index is -0.750. The Morgan fingerprint density at radius 2 is 0.250 bits per heavy atom. The van der Waals surface area contributed by atoms with E-state index in [1.165, 1.54) is 0 Å². The summed E-state index contributed by atoms with van der Waals surface area (Å²) in [6.45, 7) is 29.4. The van der Waals surface area contributed by atoms with Crippen molar-refractivity contribution in [2.75, 3.05) is 0 Å². The van der Waals surface area contributed by atoms with E-state index in [-0.39, 0.29) is 69.9 Å². The van der Waals surface area contributed by atoms with Gasteiger partial charge >= 0.3 is 51.4 Å². The second-order valence-electron chi connectivity index (χ2n) is 12.7. The number of rotatable bonds is 0. The van der Waals surface area contributed by atoms with Crippen molar-refractivity contribution in [3.05, 3.63) is 0 Å². The van der Waals surface area contributed by atoms with Gasteiger partial charge in [-0.15, -0.1) is 33.6 Å². The van der Waals surface area contributed by atoms with Gasteiger partial charge in [-0.25, -0.2) is 0 Å². The molecule has 0 aliphatic heterocycles. The Bertz CT molecular complexity index is 221. The number of hydrogen-bond acceptors (Lipinski definition) is 6. The van der Waals surface area contributed by atoms with E-state index in [2.05, 4.69) is 0 Å². The summed E-state index contributed by atoms with van der Waals surface area (Å²) in [7, 11) is 0. The Hall–Kier alpha value is 1.98. The van der Waals surface area contributed by atoms with E-state index in [9.17, 15) is 30.6 Å². The largest absolute Gasteiger partial charge is 1.00 e. The zero-order valence-corrected chi connectivity index (χ0v) is 29.4. The van der Waals surface area contributed by atoms with Crippen LogP contribution in [0.15, 0.2) is 0 Å². The molecule has 0 aromatic carbocycles. The van der Waals surface area contributed by atoms with Crippen molar-refractivity contribution in [1.29, 1.82) is 0 Å². The molecule has 0 spiro atoms. The molecule has 0 rings (SSSR count). The Labute approximate surface area is 256 Å². The second-order valence-corrected chi connectivity index (χ2v) is 12.7. The zero-order chi connectivity index (χ0) is 27.0. The maximum Gasteiger partial charge on any atom is 1.00 e. The fourth-order valence-electron chi connectivity index (χ4n) is 0. The molecule has 0 amide bonds. The maximum atomic E-state index is 10.1. The van der Waals surface area contributed by atoms with Gasteiger partial charge in [-0.3, -0.25) is 0 Å². The van der Waals surface area contributed by atoms with Crippen LogP contribution in [0.25, 0.3) is 0 Å². The van der Waals surface area contributed by atoms with Crippen LogP contribution >= 0.6 is 0 Å². The first kappa shape index (κ1) is 54.8. The molecular formula is C24H54KO6V-5. The molecule has 8 heteroatoms. The van der Waals surface area contributed by atoms with E-state index in [0.717, 1.165) is 0 Å². The molecule has 0 atom stereocenters. The van der Waals surface area contributed by atoms with Crippen molar-refractivity contribution in [3.8, 4) is 0 Å². The molecule has 0 N–H and O–H groups in total. The first-order valence-corrected chi connectivity index (χ1v) is 10.2. The number of hydrogen-bond donors (Lipinski definition) is 0. The average Bonchev–Trinajstić information content (AvgIpc) is 1.94. The molecule has 6 nitrogen and oxygen atoms in total. The van der Waals surface area contributed by atoms with Crippen molar-refractivity contribution in [1.82, 2.24) is 0 Å². The van der Waals surface area contributed by atoms with E-state index in [1.807, 2.05) is 0 Å². The monoisotopic (exact) mass is 528 g/mol. The Balaban J connectivity index is -0.0000000356. The molecule has 0 saturated carbocycles. The van der Waals surface area contributed by atoms with E-state index in [0.29, 0.717) is 0 Å². The normalized spacial score (nSPS) is 11.2. The van der Waals surface area contributed by atoms with Crippen LogP contribution in [0, 0.1) is 0 Å². The maximum absolute atomic E-state index is 10.1. The molecule has 1 radical (unpaired) electrons. The van der Waals surface area contributed by atoms with Gasteiger partial charge in [0.25, 0.3) is 0 Å². The summed E-state index contributed by atoms with van der Waals surface area (Å²) in [6, 6.07) is 0. The molecule has 32 heavy (non-hydrogen) atoms. The van der Waals surface area contributed by atoms with Crippen LogP contribution < -0.4 is 82.0 Å². The van der Waals surface area contributed by atoms with Gasteiger partial charge < -0.3 is 30.6 Å². The van der Waals surface area contributed by atoms with Crippen molar-refractivity contribution in [2.24, 2.45) is 0 Å². The van der Waals surface area contributed by atoms with Crippen LogP contribution in [-0.2, 0) is 18.6 Å². The minimum absolute atomic E-state index is 0. The first-order chi connectivity index (χ1) is 12.0. The predicted octanol–water partition coefficient (Wildman–Crippen LogP) is -2.13. The van der Waals surface area contributed by atoms with Gasteiger partial charge in [0.05, 0.1) is 0 Å². The summed E-state index contributed by atoms with van der Waals surface area (Å²) in [6.07, 6.45) is 0. The van der Waals surface area contributed by atoms with E-state index >= 15 is 0 Å². The SMILES string of the molecule is CC(C)(C)[O-].CC(C)(C)[O-].CC(C)(C)[O-].CC(C)(C)[O-].CC(C)(C)[O-].CC(C)(C)[O-].[K+].[V]. The summed E-state index contributed by atoms with van der Waals surface area (Å²) >= 11 is 0. The van der Waals surface area contributed by atoms with Gasteiger partial charge in [-0.05, 0) is 0 Å². The molecular weight excluding hydrogens is 474 g/mol. The van der Waals surface area contributed by atoms with E-state index < -0.39 is 33.6 Å². The summed E-state index contributed by atoms with van der Waals surface area (Å²) in [4.78, 5) is 0. The summed E-state index contributed by atoms with van der Waals surface area (Å²) in [5, 5.41) is 60.6. The minimum Gasteiger partial charge on any atom is -0.850 e. The topological polar surface area (TPSA) is 138 Å². The van der Waals surface area contributed by atoms with Gasteiger partial charge in [0, 0.05) is 18.6 Å². The molecule has 0 heterocycles. The molecule has 0 aliphatic rings. The van der Waals surface area contributed by atoms with Gasteiger partial charge in [0.1, 0.15) is 0 Å². The second kappa shape index (κ2) is 23.4. The van der Waals surface area contributed by atoms with Gasteiger partial charge in [0.2, 0.25) is 0 Å². The fourth-order valence-corrected chi connectivity index (χ4v) is 0. The van der Waals surface area contributed by atoms with Crippen LogP contribution in [0.1, 0.15) is 125 Å². The predicted molar refractivity (Wildman–Crippen MR) is 119 cm³/mol. The van der Waals surface area contributed by atoms with E-state index in [4.69, 9.17) is 0 Å². The molecule has 197 valence electrons. The third kappa shape index (κ3) is 7820. The average molecular weight is 529 g/mol. The van der Waals surface area contributed by atoms with Crippen LogP contribution in [0.4, 0.5) is 0 Å². The van der Waals surface area contributed by atoms with Gasteiger partial charge in [-0.1, -0.05) is 125 Å². The van der Waals surface area contributed by atoms with Crippen LogP contribution in [0.5, 0.6) is 0 Å². The fraction of sp³-hybridized carbons (Fsp3) is 1.00. The third-order valence-corrected chi connectivity index (χ3v) is 0.